The first-order chi connectivity index (χ1) is 11.0. The molecule has 2 atom stereocenters. The molecule has 2 nitrogen and oxygen atoms in total. The summed E-state index contributed by atoms with van der Waals surface area (Å²) in [6.07, 6.45) is 18.9. The zero-order valence-electron chi connectivity index (χ0n) is 15.2. The van der Waals surface area contributed by atoms with E-state index in [1.165, 1.54) is 12.8 Å². The number of hydrogen-bond donors (Lipinski definition) is 0. The van der Waals surface area contributed by atoms with Crippen LogP contribution in [0, 0.1) is 0 Å². The summed E-state index contributed by atoms with van der Waals surface area (Å²) in [7, 11) is 0. The van der Waals surface area contributed by atoms with Gasteiger partial charge in [0.15, 0.2) is 0 Å². The molecule has 128 valence electrons. The number of hydrogen-bond acceptors (Lipinski definition) is 2. The summed E-state index contributed by atoms with van der Waals surface area (Å²) in [5, 5.41) is 20.3. The molecule has 0 radical (unpaired) electrons. The predicted molar refractivity (Wildman–Crippen MR) is 92.4 cm³/mol. The summed E-state index contributed by atoms with van der Waals surface area (Å²) in [6.45, 7) is 7.44. The molecule has 0 saturated carbocycles. The molecule has 0 amide bonds. The maximum Gasteiger partial charge on any atom is -0.0572 e. The van der Waals surface area contributed by atoms with Gasteiger partial charge in [-0.05, 0) is 0 Å². The fourth-order valence-electron chi connectivity index (χ4n) is 2.10. The van der Waals surface area contributed by atoms with E-state index in [0.717, 1.165) is 25.7 Å². The first-order valence-corrected chi connectivity index (χ1v) is 10.4. The van der Waals surface area contributed by atoms with E-state index in [1.807, 2.05) is 13.8 Å². The van der Waals surface area contributed by atoms with Crippen LogP contribution in [-0.4, -0.2) is 12.2 Å². The van der Waals surface area contributed by atoms with Crippen molar-refractivity contribution in [3.8, 4) is 0 Å². The van der Waals surface area contributed by atoms with E-state index in [0.29, 0.717) is 0 Å². The number of allylic oxidation sites excluding steroid dienone is 8. The van der Waals surface area contributed by atoms with Crippen LogP contribution >= 0.6 is 0 Å². The Bertz CT molecular complexity index is 366. The Hall–Kier alpha value is -0.406. The third kappa shape index (κ3) is 14.9. The average molecular weight is 352 g/mol. The van der Waals surface area contributed by atoms with Crippen molar-refractivity contribution in [2.45, 2.75) is 78.4 Å². The van der Waals surface area contributed by atoms with E-state index >= 15 is 0 Å². The van der Waals surface area contributed by atoms with E-state index in [-0.39, 0.29) is 31.4 Å². The van der Waals surface area contributed by atoms with Crippen LogP contribution in [0.25, 0.3) is 0 Å². The second-order valence-electron chi connectivity index (χ2n) is 5.97. The molecule has 0 aliphatic heterocycles. The van der Waals surface area contributed by atoms with E-state index in [4.69, 9.17) is 0 Å². The Labute approximate surface area is 152 Å². The summed E-state index contributed by atoms with van der Waals surface area (Å²) < 4.78 is 3.36. The van der Waals surface area contributed by atoms with Crippen molar-refractivity contribution < 1.29 is 29.4 Å². The summed E-state index contributed by atoms with van der Waals surface area (Å²) in [4.78, 5) is 0. The summed E-state index contributed by atoms with van der Waals surface area (Å²) in [5.74, 6) is 0. The molecule has 0 aromatic heterocycles. The van der Waals surface area contributed by atoms with Crippen LogP contribution in [0.2, 0.25) is 0 Å². The fourth-order valence-corrected chi connectivity index (χ4v) is 3.99. The van der Waals surface area contributed by atoms with Gasteiger partial charge in [0.2, 0.25) is 0 Å². The van der Waals surface area contributed by atoms with Crippen molar-refractivity contribution in [1.82, 2.24) is 0 Å². The van der Waals surface area contributed by atoms with Crippen molar-refractivity contribution in [1.29, 1.82) is 0 Å². The van der Waals surface area contributed by atoms with Crippen molar-refractivity contribution in [3.05, 3.63) is 44.2 Å². The van der Waals surface area contributed by atoms with Gasteiger partial charge >= 0.3 is 76.2 Å². The SMILES string of the molecule is C1=CC[C]([Ti+2][C]2=CC=CC2)=C1.CCCC(C)[O-].CCCC(C)[O-]. The van der Waals surface area contributed by atoms with Gasteiger partial charge in [-0.2, -0.15) is 0 Å². The predicted octanol–water partition coefficient (Wildman–Crippen LogP) is 3.83. The van der Waals surface area contributed by atoms with E-state index < -0.39 is 0 Å². The third-order valence-electron chi connectivity index (χ3n) is 3.25. The molecular formula is C20H32O2Ti. The molecular weight excluding hydrogens is 320 g/mol. The molecule has 2 aliphatic carbocycles. The molecule has 0 bridgehead atoms. The van der Waals surface area contributed by atoms with Gasteiger partial charge in [-0.1, -0.05) is 53.4 Å². The standard InChI is InChI=1S/2C5H11O.2C5H5.Ti/c2*1-3-4-5(2)6;2*1-2-4-5-3-1;/h2*5H,3-4H2,1-2H3;2*1-3H,4H2;/q2*-1;;;+2. The monoisotopic (exact) mass is 352 g/mol. The Morgan fingerprint density at radius 2 is 1.26 bits per heavy atom. The molecule has 2 rings (SSSR count). The maximum atomic E-state index is 10.1. The summed E-state index contributed by atoms with van der Waals surface area (Å²) in [5.41, 5.74) is 0. The van der Waals surface area contributed by atoms with Gasteiger partial charge in [0.25, 0.3) is 0 Å². The van der Waals surface area contributed by atoms with Crippen molar-refractivity contribution in [3.63, 3.8) is 0 Å². The molecule has 2 aliphatic rings. The smallest absolute Gasteiger partial charge is 0.0572 e. The van der Waals surface area contributed by atoms with Crippen LogP contribution in [-0.2, 0) is 19.2 Å². The van der Waals surface area contributed by atoms with Gasteiger partial charge in [-0.3, -0.25) is 0 Å². The van der Waals surface area contributed by atoms with Crippen LogP contribution < -0.4 is 10.2 Å². The molecule has 23 heavy (non-hydrogen) atoms. The molecule has 3 heteroatoms. The molecule has 0 aromatic carbocycles. The quantitative estimate of drug-likeness (QED) is 0.682. The van der Waals surface area contributed by atoms with Crippen LogP contribution in [0.15, 0.2) is 44.2 Å². The normalized spacial score (nSPS) is 17.1. The zero-order valence-corrected chi connectivity index (χ0v) is 16.7. The molecule has 2 unspecified atom stereocenters. The van der Waals surface area contributed by atoms with Gasteiger partial charge in [0, 0.05) is 0 Å². The first-order valence-electron chi connectivity index (χ1n) is 8.79. The topological polar surface area (TPSA) is 46.1 Å². The van der Waals surface area contributed by atoms with Gasteiger partial charge in [-0.25, -0.2) is 0 Å². The molecule has 0 N–H and O–H groups in total. The maximum absolute atomic E-state index is 10.1. The Kier molecular flexibility index (Phi) is 14.9. The Morgan fingerprint density at radius 3 is 1.43 bits per heavy atom. The minimum atomic E-state index is -0.352. The molecule has 0 heterocycles. The van der Waals surface area contributed by atoms with Gasteiger partial charge < -0.3 is 10.2 Å². The summed E-state index contributed by atoms with van der Waals surface area (Å²) in [6, 6.07) is 0. The molecule has 0 spiro atoms. The van der Waals surface area contributed by atoms with Crippen LogP contribution in [0.3, 0.4) is 0 Å². The van der Waals surface area contributed by atoms with Crippen molar-refractivity contribution >= 4 is 0 Å². The van der Waals surface area contributed by atoms with Gasteiger partial charge in [0.1, 0.15) is 0 Å². The second kappa shape index (κ2) is 15.1. The van der Waals surface area contributed by atoms with Gasteiger partial charge in [-0.15, -0.1) is 12.2 Å². The van der Waals surface area contributed by atoms with E-state index in [9.17, 15) is 10.2 Å². The molecule has 0 saturated heterocycles. The minimum absolute atomic E-state index is 0.0833. The first kappa shape index (κ1) is 22.6. The summed E-state index contributed by atoms with van der Waals surface area (Å²) >= 11 is 0.0833. The zero-order chi connectivity index (χ0) is 17.5. The van der Waals surface area contributed by atoms with Crippen LogP contribution in [0.5, 0.6) is 0 Å². The average Bonchev–Trinajstić information content (AvgIpc) is 3.14. The van der Waals surface area contributed by atoms with Crippen molar-refractivity contribution in [2.75, 3.05) is 0 Å². The van der Waals surface area contributed by atoms with Crippen molar-refractivity contribution in [2.24, 2.45) is 0 Å². The van der Waals surface area contributed by atoms with Crippen LogP contribution in [0.1, 0.15) is 66.2 Å². The van der Waals surface area contributed by atoms with E-state index in [2.05, 4.69) is 36.5 Å². The number of rotatable bonds is 6. The third-order valence-corrected chi connectivity index (χ3v) is 5.41. The Morgan fingerprint density at radius 1 is 0.870 bits per heavy atom. The van der Waals surface area contributed by atoms with E-state index in [1.54, 1.807) is 21.6 Å². The fraction of sp³-hybridized carbons (Fsp3) is 0.600. The second-order valence-corrected chi connectivity index (χ2v) is 8.37. The van der Waals surface area contributed by atoms with Crippen LogP contribution in [0.4, 0.5) is 0 Å². The molecule has 0 aromatic rings. The Balaban J connectivity index is 0.000000349. The van der Waals surface area contributed by atoms with Gasteiger partial charge in [0.05, 0.1) is 0 Å². The molecule has 0 fully saturated rings. The largest absolute Gasteiger partial charge is 0.852 e. The minimum Gasteiger partial charge on any atom is -0.852 e.